The standard InChI is InChI=1S/C21H24FN3S/c1-12-6-4-5-7-17(12)25-20-19-18(15-8-10-16(22)11-9-15)13(2)26-21(19)24-14(3)23-20/h8-12,17H,4-7H2,1-3H3,(H,23,24,25). The minimum absolute atomic E-state index is 0.215. The summed E-state index contributed by atoms with van der Waals surface area (Å²) in [5.41, 5.74) is 2.14. The number of rotatable bonds is 3. The zero-order valence-corrected chi connectivity index (χ0v) is 16.3. The van der Waals surface area contributed by atoms with E-state index in [-0.39, 0.29) is 5.82 Å². The highest BCUT2D eigenvalue weighted by molar-refractivity contribution is 7.19. The SMILES string of the molecule is Cc1nc(NC2CCCCC2C)c2c(-c3ccc(F)cc3)c(C)sc2n1. The zero-order chi connectivity index (χ0) is 18.3. The normalized spacial score (nSPS) is 20.5. The van der Waals surface area contributed by atoms with Crippen molar-refractivity contribution in [2.75, 3.05) is 5.32 Å². The molecule has 1 aliphatic rings. The Bertz CT molecular complexity index is 933. The number of hydrogen-bond donors (Lipinski definition) is 1. The molecular formula is C21H24FN3S. The van der Waals surface area contributed by atoms with Crippen molar-refractivity contribution in [2.45, 2.75) is 52.5 Å². The van der Waals surface area contributed by atoms with Crippen LogP contribution in [0.1, 0.15) is 43.3 Å². The van der Waals surface area contributed by atoms with Gasteiger partial charge in [-0.25, -0.2) is 14.4 Å². The lowest BCUT2D eigenvalue weighted by Gasteiger charge is -2.30. The van der Waals surface area contributed by atoms with Gasteiger partial charge >= 0.3 is 0 Å². The van der Waals surface area contributed by atoms with Gasteiger partial charge in [0, 0.05) is 16.5 Å². The van der Waals surface area contributed by atoms with E-state index in [0.717, 1.165) is 33.0 Å². The Kier molecular flexibility index (Phi) is 4.65. The smallest absolute Gasteiger partial charge is 0.139 e. The lowest BCUT2D eigenvalue weighted by molar-refractivity contribution is 0.349. The molecule has 1 aliphatic carbocycles. The highest BCUT2D eigenvalue weighted by atomic mass is 32.1. The summed E-state index contributed by atoms with van der Waals surface area (Å²) in [5, 5.41) is 4.80. The van der Waals surface area contributed by atoms with Gasteiger partial charge < -0.3 is 5.32 Å². The number of nitrogens with one attached hydrogen (secondary N) is 1. The molecule has 3 aromatic rings. The van der Waals surface area contributed by atoms with E-state index in [1.54, 1.807) is 11.3 Å². The average Bonchev–Trinajstić information content (AvgIpc) is 2.93. The third-order valence-electron chi connectivity index (χ3n) is 5.41. The number of thiophene rings is 1. The van der Waals surface area contributed by atoms with Gasteiger partial charge in [-0.15, -0.1) is 11.3 Å². The van der Waals surface area contributed by atoms with Crippen LogP contribution in [0.4, 0.5) is 10.2 Å². The molecule has 2 atom stereocenters. The van der Waals surface area contributed by atoms with Crippen LogP contribution >= 0.6 is 11.3 Å². The van der Waals surface area contributed by atoms with E-state index < -0.39 is 0 Å². The molecule has 1 aromatic carbocycles. The molecule has 0 spiro atoms. The van der Waals surface area contributed by atoms with Crippen LogP contribution in [0.25, 0.3) is 21.3 Å². The molecule has 26 heavy (non-hydrogen) atoms. The summed E-state index contributed by atoms with van der Waals surface area (Å²) in [6, 6.07) is 7.17. The Hall–Kier alpha value is -2.01. The molecule has 1 saturated carbocycles. The molecular weight excluding hydrogens is 345 g/mol. The molecule has 1 N–H and O–H groups in total. The maximum Gasteiger partial charge on any atom is 0.139 e. The highest BCUT2D eigenvalue weighted by Gasteiger charge is 2.24. The van der Waals surface area contributed by atoms with Crippen LogP contribution in [-0.4, -0.2) is 16.0 Å². The van der Waals surface area contributed by atoms with Crippen LogP contribution in [0, 0.1) is 25.6 Å². The first kappa shape index (κ1) is 17.4. The number of aryl methyl sites for hydroxylation is 2. The molecule has 0 radical (unpaired) electrons. The Morgan fingerprint density at radius 3 is 2.54 bits per heavy atom. The Morgan fingerprint density at radius 2 is 1.81 bits per heavy atom. The first-order valence-corrected chi connectivity index (χ1v) is 10.1. The van der Waals surface area contributed by atoms with Crippen LogP contribution in [0.5, 0.6) is 0 Å². The summed E-state index contributed by atoms with van der Waals surface area (Å²) < 4.78 is 13.4. The van der Waals surface area contributed by atoms with Gasteiger partial charge in [0.05, 0.1) is 5.39 Å². The molecule has 0 saturated heterocycles. The second-order valence-electron chi connectivity index (χ2n) is 7.35. The molecule has 4 rings (SSSR count). The minimum Gasteiger partial charge on any atom is -0.366 e. The summed E-state index contributed by atoms with van der Waals surface area (Å²) >= 11 is 1.68. The Morgan fingerprint density at radius 1 is 1.08 bits per heavy atom. The van der Waals surface area contributed by atoms with Crippen molar-refractivity contribution in [3.05, 3.63) is 40.8 Å². The molecule has 5 heteroatoms. The quantitative estimate of drug-likeness (QED) is 0.606. The number of halogens is 1. The van der Waals surface area contributed by atoms with Gasteiger partial charge in [-0.1, -0.05) is 31.9 Å². The van der Waals surface area contributed by atoms with Gasteiger partial charge in [0.15, 0.2) is 0 Å². The number of hydrogen-bond acceptors (Lipinski definition) is 4. The molecule has 136 valence electrons. The highest BCUT2D eigenvalue weighted by Crippen LogP contribution is 2.41. The van der Waals surface area contributed by atoms with Crippen LogP contribution in [-0.2, 0) is 0 Å². The summed E-state index contributed by atoms with van der Waals surface area (Å²) in [6.45, 7) is 6.37. The topological polar surface area (TPSA) is 37.8 Å². The van der Waals surface area contributed by atoms with E-state index >= 15 is 0 Å². The minimum atomic E-state index is -0.215. The van der Waals surface area contributed by atoms with Gasteiger partial charge in [-0.05, 0) is 50.3 Å². The molecule has 3 nitrogen and oxygen atoms in total. The first-order valence-electron chi connectivity index (χ1n) is 9.33. The van der Waals surface area contributed by atoms with E-state index in [4.69, 9.17) is 4.98 Å². The maximum atomic E-state index is 13.4. The van der Waals surface area contributed by atoms with E-state index in [0.29, 0.717) is 12.0 Å². The van der Waals surface area contributed by atoms with Crippen LogP contribution < -0.4 is 5.32 Å². The van der Waals surface area contributed by atoms with Gasteiger partial charge in [0.1, 0.15) is 22.3 Å². The van der Waals surface area contributed by atoms with Gasteiger partial charge in [-0.2, -0.15) is 0 Å². The van der Waals surface area contributed by atoms with E-state index in [9.17, 15) is 4.39 Å². The summed E-state index contributed by atoms with van der Waals surface area (Å²) in [6.07, 6.45) is 5.03. The van der Waals surface area contributed by atoms with Crippen molar-refractivity contribution in [1.82, 2.24) is 9.97 Å². The molecule has 0 amide bonds. The summed E-state index contributed by atoms with van der Waals surface area (Å²) in [7, 11) is 0. The van der Waals surface area contributed by atoms with Crippen LogP contribution in [0.2, 0.25) is 0 Å². The first-order chi connectivity index (χ1) is 12.5. The fraction of sp³-hybridized carbons (Fsp3) is 0.429. The van der Waals surface area contributed by atoms with Crippen molar-refractivity contribution in [3.8, 4) is 11.1 Å². The summed E-state index contributed by atoms with van der Waals surface area (Å²) in [5.74, 6) is 2.14. The van der Waals surface area contributed by atoms with Gasteiger partial charge in [-0.3, -0.25) is 0 Å². The lowest BCUT2D eigenvalue weighted by Crippen LogP contribution is -2.30. The van der Waals surface area contributed by atoms with Crippen molar-refractivity contribution in [1.29, 1.82) is 0 Å². The maximum absolute atomic E-state index is 13.4. The van der Waals surface area contributed by atoms with E-state index in [1.165, 1.54) is 42.7 Å². The monoisotopic (exact) mass is 369 g/mol. The van der Waals surface area contributed by atoms with Gasteiger partial charge in [0.25, 0.3) is 0 Å². The number of aromatic nitrogens is 2. The molecule has 1 fully saturated rings. The largest absolute Gasteiger partial charge is 0.366 e. The lowest BCUT2D eigenvalue weighted by atomic mass is 9.86. The number of nitrogens with zero attached hydrogens (tertiary/aromatic N) is 2. The summed E-state index contributed by atoms with van der Waals surface area (Å²) in [4.78, 5) is 11.6. The molecule has 0 bridgehead atoms. The average molecular weight is 370 g/mol. The molecule has 2 unspecified atom stereocenters. The van der Waals surface area contributed by atoms with Gasteiger partial charge in [0.2, 0.25) is 0 Å². The zero-order valence-electron chi connectivity index (χ0n) is 15.5. The van der Waals surface area contributed by atoms with E-state index in [2.05, 4.69) is 24.1 Å². The van der Waals surface area contributed by atoms with Crippen LogP contribution in [0.3, 0.4) is 0 Å². The second-order valence-corrected chi connectivity index (χ2v) is 8.56. The molecule has 0 aliphatic heterocycles. The predicted octanol–water partition coefficient (Wildman–Crippen LogP) is 6.10. The number of benzene rings is 1. The molecule has 2 heterocycles. The Labute approximate surface area is 157 Å². The number of anilines is 1. The third-order valence-corrected chi connectivity index (χ3v) is 6.41. The van der Waals surface area contributed by atoms with Crippen molar-refractivity contribution in [2.24, 2.45) is 5.92 Å². The van der Waals surface area contributed by atoms with E-state index in [1.807, 2.05) is 19.1 Å². The number of fused-ring (bicyclic) bond motifs is 1. The fourth-order valence-electron chi connectivity index (χ4n) is 3.99. The van der Waals surface area contributed by atoms with Crippen molar-refractivity contribution >= 4 is 27.4 Å². The van der Waals surface area contributed by atoms with Crippen molar-refractivity contribution in [3.63, 3.8) is 0 Å². The van der Waals surface area contributed by atoms with Crippen molar-refractivity contribution < 1.29 is 4.39 Å². The molecule has 2 aromatic heterocycles. The predicted molar refractivity (Wildman–Crippen MR) is 107 cm³/mol. The Balaban J connectivity index is 1.85. The second kappa shape index (κ2) is 6.95. The fourth-order valence-corrected chi connectivity index (χ4v) is 5.08. The third kappa shape index (κ3) is 3.20. The van der Waals surface area contributed by atoms with Crippen LogP contribution in [0.15, 0.2) is 24.3 Å².